The molecular weight excluding hydrogens is 234 g/mol. The molecule has 1 aliphatic heterocycles. The monoisotopic (exact) mass is 251 g/mol. The molecule has 2 rings (SSSR count). The third-order valence-corrected chi connectivity index (χ3v) is 2.83. The van der Waals surface area contributed by atoms with Gasteiger partial charge in [0, 0.05) is 19.8 Å². The van der Waals surface area contributed by atoms with E-state index in [1.54, 1.807) is 10.9 Å². The number of anilines is 1. The highest BCUT2D eigenvalue weighted by molar-refractivity contribution is 5.96. The molecule has 7 nitrogen and oxygen atoms in total. The minimum Gasteiger partial charge on any atom is -0.353 e. The Morgan fingerprint density at radius 1 is 1.67 bits per heavy atom. The summed E-state index contributed by atoms with van der Waals surface area (Å²) in [7, 11) is 1.81. The molecule has 1 aliphatic rings. The SMILES string of the molecule is CCc1nn(C)cc1NC(=O)C1CNC(=O)CN1. The molecule has 1 atom stereocenters. The van der Waals surface area contributed by atoms with Crippen LogP contribution < -0.4 is 16.0 Å². The molecule has 0 radical (unpaired) electrons. The van der Waals surface area contributed by atoms with Gasteiger partial charge < -0.3 is 10.6 Å². The summed E-state index contributed by atoms with van der Waals surface area (Å²) in [6, 6.07) is -0.396. The summed E-state index contributed by atoms with van der Waals surface area (Å²) in [6.45, 7) is 2.47. The van der Waals surface area contributed by atoms with Crippen molar-refractivity contribution in [1.82, 2.24) is 20.4 Å². The second-order valence-corrected chi connectivity index (χ2v) is 4.24. The first kappa shape index (κ1) is 12.6. The summed E-state index contributed by atoms with van der Waals surface area (Å²) < 4.78 is 1.67. The Bertz CT molecular complexity index is 458. The number of nitrogens with zero attached hydrogens (tertiary/aromatic N) is 2. The fourth-order valence-corrected chi connectivity index (χ4v) is 1.87. The fourth-order valence-electron chi connectivity index (χ4n) is 1.87. The van der Waals surface area contributed by atoms with E-state index < -0.39 is 6.04 Å². The molecule has 2 heterocycles. The predicted octanol–water partition coefficient (Wildman–Crippen LogP) is -0.991. The maximum atomic E-state index is 12.0. The van der Waals surface area contributed by atoms with E-state index in [1.807, 2.05) is 14.0 Å². The van der Waals surface area contributed by atoms with Crippen LogP contribution in [-0.2, 0) is 23.1 Å². The number of amides is 2. The molecular formula is C11H17N5O2. The first-order valence-electron chi connectivity index (χ1n) is 5.93. The number of aromatic nitrogens is 2. The number of hydrogen-bond acceptors (Lipinski definition) is 4. The molecule has 1 aromatic rings. The smallest absolute Gasteiger partial charge is 0.243 e. The quantitative estimate of drug-likeness (QED) is 0.643. The van der Waals surface area contributed by atoms with Gasteiger partial charge in [0.05, 0.1) is 17.9 Å². The van der Waals surface area contributed by atoms with Crippen molar-refractivity contribution in [3.05, 3.63) is 11.9 Å². The number of carbonyl (C=O) groups excluding carboxylic acids is 2. The number of aryl methyl sites for hydroxylation is 2. The second kappa shape index (κ2) is 5.18. The van der Waals surface area contributed by atoms with Crippen molar-refractivity contribution in [2.24, 2.45) is 7.05 Å². The Morgan fingerprint density at radius 2 is 2.44 bits per heavy atom. The number of hydrogen-bond donors (Lipinski definition) is 3. The average Bonchev–Trinajstić information content (AvgIpc) is 2.70. The standard InChI is InChI=1S/C11H17N5O2/c1-3-7-9(6-16(2)15-7)14-11(18)8-4-13-10(17)5-12-8/h6,8,12H,3-5H2,1-2H3,(H,13,17)(H,14,18). The van der Waals surface area contributed by atoms with Crippen LogP contribution in [0.25, 0.3) is 0 Å². The largest absolute Gasteiger partial charge is 0.353 e. The van der Waals surface area contributed by atoms with Gasteiger partial charge in [-0.15, -0.1) is 0 Å². The third kappa shape index (κ3) is 2.67. The van der Waals surface area contributed by atoms with Crippen LogP contribution in [0.15, 0.2) is 6.20 Å². The van der Waals surface area contributed by atoms with Crippen LogP contribution >= 0.6 is 0 Å². The molecule has 1 unspecified atom stereocenters. The molecule has 98 valence electrons. The van der Waals surface area contributed by atoms with Gasteiger partial charge in [-0.25, -0.2) is 0 Å². The van der Waals surface area contributed by atoms with E-state index in [9.17, 15) is 9.59 Å². The Balaban J connectivity index is 2.00. The Labute approximate surface area is 105 Å². The van der Waals surface area contributed by atoms with Crippen molar-refractivity contribution in [3.63, 3.8) is 0 Å². The van der Waals surface area contributed by atoms with E-state index in [1.165, 1.54) is 0 Å². The molecule has 0 aromatic carbocycles. The molecule has 1 fully saturated rings. The number of rotatable bonds is 3. The third-order valence-electron chi connectivity index (χ3n) is 2.83. The molecule has 0 spiro atoms. The highest BCUT2D eigenvalue weighted by Gasteiger charge is 2.24. The van der Waals surface area contributed by atoms with Crippen LogP contribution in [0.1, 0.15) is 12.6 Å². The topological polar surface area (TPSA) is 88.1 Å². The van der Waals surface area contributed by atoms with Crippen LogP contribution in [0.3, 0.4) is 0 Å². The zero-order valence-electron chi connectivity index (χ0n) is 10.5. The summed E-state index contributed by atoms with van der Waals surface area (Å²) in [5.41, 5.74) is 1.58. The van der Waals surface area contributed by atoms with Gasteiger partial charge in [0.15, 0.2) is 0 Å². The van der Waals surface area contributed by atoms with Crippen LogP contribution in [0.5, 0.6) is 0 Å². The molecule has 0 aliphatic carbocycles. The average molecular weight is 251 g/mol. The van der Waals surface area contributed by atoms with Gasteiger partial charge in [0.2, 0.25) is 11.8 Å². The zero-order chi connectivity index (χ0) is 13.1. The molecule has 3 N–H and O–H groups in total. The van der Waals surface area contributed by atoms with Crippen molar-refractivity contribution in [3.8, 4) is 0 Å². The van der Waals surface area contributed by atoms with E-state index in [2.05, 4.69) is 21.0 Å². The van der Waals surface area contributed by atoms with Crippen LogP contribution in [0.2, 0.25) is 0 Å². The summed E-state index contributed by atoms with van der Waals surface area (Å²) in [5, 5.41) is 12.6. The first-order chi connectivity index (χ1) is 8.60. The predicted molar refractivity (Wildman–Crippen MR) is 66.0 cm³/mol. The second-order valence-electron chi connectivity index (χ2n) is 4.24. The van der Waals surface area contributed by atoms with Crippen molar-refractivity contribution in [2.45, 2.75) is 19.4 Å². The molecule has 1 aromatic heterocycles. The maximum absolute atomic E-state index is 12.0. The fraction of sp³-hybridized carbons (Fsp3) is 0.545. The van der Waals surface area contributed by atoms with Crippen molar-refractivity contribution in [1.29, 1.82) is 0 Å². The lowest BCUT2D eigenvalue weighted by Crippen LogP contribution is -2.56. The Morgan fingerprint density at radius 3 is 3.06 bits per heavy atom. The number of piperazine rings is 1. The van der Waals surface area contributed by atoms with Gasteiger partial charge in [-0.1, -0.05) is 6.92 Å². The lowest BCUT2D eigenvalue weighted by molar-refractivity contribution is -0.124. The van der Waals surface area contributed by atoms with E-state index in [0.29, 0.717) is 6.54 Å². The van der Waals surface area contributed by atoms with Gasteiger partial charge in [-0.2, -0.15) is 5.10 Å². The summed E-state index contributed by atoms with van der Waals surface area (Å²) in [6.07, 6.45) is 2.53. The molecule has 0 saturated carbocycles. The minimum absolute atomic E-state index is 0.0883. The molecule has 18 heavy (non-hydrogen) atoms. The normalized spacial score (nSPS) is 19.4. The molecule has 7 heteroatoms. The van der Waals surface area contributed by atoms with Gasteiger partial charge >= 0.3 is 0 Å². The van der Waals surface area contributed by atoms with Gasteiger partial charge in [0.1, 0.15) is 6.04 Å². The van der Waals surface area contributed by atoms with Crippen LogP contribution in [-0.4, -0.2) is 40.7 Å². The summed E-state index contributed by atoms with van der Waals surface area (Å²) in [4.78, 5) is 23.0. The number of carbonyl (C=O) groups is 2. The molecule has 2 amide bonds. The number of nitrogens with one attached hydrogen (secondary N) is 3. The minimum atomic E-state index is -0.396. The van der Waals surface area contributed by atoms with Crippen molar-refractivity contribution >= 4 is 17.5 Å². The summed E-state index contributed by atoms with van der Waals surface area (Å²) in [5.74, 6) is -0.243. The first-order valence-corrected chi connectivity index (χ1v) is 5.93. The van der Waals surface area contributed by atoms with E-state index in [-0.39, 0.29) is 18.4 Å². The van der Waals surface area contributed by atoms with Gasteiger partial charge in [0.25, 0.3) is 0 Å². The van der Waals surface area contributed by atoms with Gasteiger partial charge in [-0.05, 0) is 6.42 Å². The Hall–Kier alpha value is -1.89. The van der Waals surface area contributed by atoms with Crippen molar-refractivity contribution in [2.75, 3.05) is 18.4 Å². The van der Waals surface area contributed by atoms with Crippen molar-refractivity contribution < 1.29 is 9.59 Å². The highest BCUT2D eigenvalue weighted by Crippen LogP contribution is 2.13. The van der Waals surface area contributed by atoms with Crippen LogP contribution in [0, 0.1) is 0 Å². The van der Waals surface area contributed by atoms with E-state index in [4.69, 9.17) is 0 Å². The highest BCUT2D eigenvalue weighted by atomic mass is 16.2. The van der Waals surface area contributed by atoms with Gasteiger partial charge in [-0.3, -0.25) is 19.6 Å². The van der Waals surface area contributed by atoms with E-state index in [0.717, 1.165) is 17.8 Å². The van der Waals surface area contributed by atoms with Crippen LogP contribution in [0.4, 0.5) is 5.69 Å². The Kier molecular flexibility index (Phi) is 3.61. The molecule has 1 saturated heterocycles. The lowest BCUT2D eigenvalue weighted by atomic mass is 10.2. The maximum Gasteiger partial charge on any atom is 0.243 e. The van der Waals surface area contributed by atoms with E-state index >= 15 is 0 Å². The molecule has 0 bridgehead atoms. The lowest BCUT2D eigenvalue weighted by Gasteiger charge is -2.22. The zero-order valence-corrected chi connectivity index (χ0v) is 10.5. The summed E-state index contributed by atoms with van der Waals surface area (Å²) >= 11 is 0.